The van der Waals surface area contributed by atoms with Gasteiger partial charge in [-0.1, -0.05) is 4.68 Å². The molecule has 0 bridgehead atoms. The second-order valence-electron chi connectivity index (χ2n) is 2.88. The number of aromatic amines is 1. The smallest absolute Gasteiger partial charge is 0.320 e. The standard InChI is InChI=1S/C7H12N4O/c1-5-6(12)8-7(10(2)3)9-11(5)4/h1-4H3/p+1. The quantitative estimate of drug-likeness (QED) is 0.547. The zero-order valence-electron chi connectivity index (χ0n) is 7.75. The topological polar surface area (TPSA) is 52.9 Å². The molecule has 5 nitrogen and oxygen atoms in total. The number of nitrogens with zero attached hydrogens (tertiary/aromatic N) is 3. The molecule has 0 aliphatic carbocycles. The Kier molecular flexibility index (Phi) is 2.12. The summed E-state index contributed by atoms with van der Waals surface area (Å²) >= 11 is 0. The Labute approximate surface area is 70.6 Å². The first kappa shape index (κ1) is 8.70. The van der Waals surface area contributed by atoms with Crippen LogP contribution in [0.2, 0.25) is 0 Å². The molecule has 1 N–H and O–H groups in total. The molecule has 0 fully saturated rings. The van der Waals surface area contributed by atoms with Crippen molar-refractivity contribution in [2.45, 2.75) is 6.92 Å². The maximum absolute atomic E-state index is 11.2. The van der Waals surface area contributed by atoms with Crippen LogP contribution in [-0.2, 0) is 7.05 Å². The van der Waals surface area contributed by atoms with Gasteiger partial charge in [0.25, 0.3) is 11.6 Å². The van der Waals surface area contributed by atoms with Crippen molar-refractivity contribution in [2.24, 2.45) is 7.05 Å². The summed E-state index contributed by atoms with van der Waals surface area (Å²) in [5, 5.41) is 4.12. The minimum absolute atomic E-state index is 0.101. The highest BCUT2D eigenvalue weighted by Crippen LogP contribution is 1.92. The summed E-state index contributed by atoms with van der Waals surface area (Å²) in [6, 6.07) is 0. The number of aromatic nitrogens is 3. The molecule has 0 radical (unpaired) electrons. The molecule has 0 aromatic carbocycles. The van der Waals surface area contributed by atoms with Crippen LogP contribution in [0.5, 0.6) is 0 Å². The third-order valence-corrected chi connectivity index (χ3v) is 1.71. The van der Waals surface area contributed by atoms with Crippen molar-refractivity contribution in [2.75, 3.05) is 19.0 Å². The van der Waals surface area contributed by atoms with E-state index >= 15 is 0 Å². The fourth-order valence-electron chi connectivity index (χ4n) is 0.782. The second-order valence-corrected chi connectivity index (χ2v) is 2.88. The van der Waals surface area contributed by atoms with E-state index in [0.29, 0.717) is 11.6 Å². The van der Waals surface area contributed by atoms with E-state index in [-0.39, 0.29) is 5.56 Å². The zero-order valence-corrected chi connectivity index (χ0v) is 7.75. The van der Waals surface area contributed by atoms with Gasteiger partial charge in [0.2, 0.25) is 0 Å². The van der Waals surface area contributed by atoms with E-state index < -0.39 is 0 Å². The van der Waals surface area contributed by atoms with Gasteiger partial charge in [-0.05, 0) is 0 Å². The molecular formula is C7H13N4O+. The number of nitrogens with one attached hydrogen (secondary N) is 1. The highest BCUT2D eigenvalue weighted by molar-refractivity contribution is 5.22. The van der Waals surface area contributed by atoms with Crippen molar-refractivity contribution in [1.82, 2.24) is 10.1 Å². The third-order valence-electron chi connectivity index (χ3n) is 1.71. The van der Waals surface area contributed by atoms with E-state index in [2.05, 4.69) is 10.1 Å². The molecule has 1 heterocycles. The van der Waals surface area contributed by atoms with Crippen LogP contribution in [0.15, 0.2) is 4.79 Å². The Morgan fingerprint density at radius 1 is 1.50 bits per heavy atom. The van der Waals surface area contributed by atoms with Gasteiger partial charge in [0, 0.05) is 26.1 Å². The van der Waals surface area contributed by atoms with Gasteiger partial charge in [-0.25, -0.2) is 0 Å². The van der Waals surface area contributed by atoms with E-state index in [0.717, 1.165) is 0 Å². The van der Waals surface area contributed by atoms with Crippen molar-refractivity contribution in [3.8, 4) is 0 Å². The average molecular weight is 169 g/mol. The summed E-state index contributed by atoms with van der Waals surface area (Å²) in [6.07, 6.45) is 0. The van der Waals surface area contributed by atoms with Crippen LogP contribution in [0.1, 0.15) is 5.69 Å². The first-order valence-corrected chi connectivity index (χ1v) is 3.67. The maximum atomic E-state index is 11.2. The van der Waals surface area contributed by atoms with E-state index in [1.165, 1.54) is 0 Å². The highest BCUT2D eigenvalue weighted by Gasteiger charge is 2.11. The number of aryl methyl sites for hydroxylation is 1. The molecule has 1 rings (SSSR count). The molecule has 0 amide bonds. The maximum Gasteiger partial charge on any atom is 0.320 e. The van der Waals surface area contributed by atoms with E-state index in [1.54, 1.807) is 23.6 Å². The Hall–Kier alpha value is -1.39. The lowest BCUT2D eigenvalue weighted by molar-refractivity contribution is -0.736. The summed E-state index contributed by atoms with van der Waals surface area (Å²) in [5.74, 6) is 0.563. The zero-order chi connectivity index (χ0) is 9.30. The highest BCUT2D eigenvalue weighted by atomic mass is 16.1. The Balaban J connectivity index is 3.31. The summed E-state index contributed by atoms with van der Waals surface area (Å²) in [6.45, 7) is 1.73. The van der Waals surface area contributed by atoms with Gasteiger partial charge < -0.3 is 4.90 Å². The van der Waals surface area contributed by atoms with Crippen LogP contribution in [-0.4, -0.2) is 24.2 Å². The number of anilines is 1. The Morgan fingerprint density at radius 3 is 2.50 bits per heavy atom. The lowest BCUT2D eigenvalue weighted by Crippen LogP contribution is -2.44. The van der Waals surface area contributed by atoms with Gasteiger partial charge in [-0.2, -0.15) is 0 Å². The second kappa shape index (κ2) is 2.92. The van der Waals surface area contributed by atoms with Gasteiger partial charge >= 0.3 is 5.56 Å². The van der Waals surface area contributed by atoms with Crippen LogP contribution in [0.25, 0.3) is 0 Å². The number of hydrogen-bond donors (Lipinski definition) is 1. The molecule has 66 valence electrons. The van der Waals surface area contributed by atoms with Crippen molar-refractivity contribution in [3.05, 3.63) is 16.0 Å². The first-order valence-electron chi connectivity index (χ1n) is 3.67. The number of H-pyrrole nitrogens is 1. The first-order chi connectivity index (χ1) is 5.52. The molecule has 0 aliphatic heterocycles. The molecule has 5 heteroatoms. The molecule has 0 aliphatic rings. The summed E-state index contributed by atoms with van der Waals surface area (Å²) in [5.41, 5.74) is 0.497. The van der Waals surface area contributed by atoms with Crippen molar-refractivity contribution < 1.29 is 4.68 Å². The van der Waals surface area contributed by atoms with Crippen molar-refractivity contribution >= 4 is 5.95 Å². The Bertz CT molecular complexity index is 342. The summed E-state index contributed by atoms with van der Waals surface area (Å²) < 4.78 is 1.56. The molecule has 0 saturated carbocycles. The van der Waals surface area contributed by atoms with Gasteiger partial charge in [0.1, 0.15) is 0 Å². The normalized spacial score (nSPS) is 10.0. The number of hydrogen-bond acceptors (Lipinski definition) is 3. The van der Waals surface area contributed by atoms with E-state index in [4.69, 9.17) is 0 Å². The van der Waals surface area contributed by atoms with Gasteiger partial charge in [-0.3, -0.25) is 9.78 Å². The fourth-order valence-corrected chi connectivity index (χ4v) is 0.782. The Morgan fingerprint density at radius 2 is 2.08 bits per heavy atom. The largest absolute Gasteiger partial charge is 0.344 e. The lowest BCUT2D eigenvalue weighted by atomic mass is 10.5. The van der Waals surface area contributed by atoms with E-state index in [9.17, 15) is 4.79 Å². The molecule has 0 unspecified atom stereocenters. The summed E-state index contributed by atoms with van der Waals surface area (Å²) in [4.78, 5) is 15.6. The van der Waals surface area contributed by atoms with Crippen molar-refractivity contribution in [3.63, 3.8) is 0 Å². The monoisotopic (exact) mass is 169 g/mol. The van der Waals surface area contributed by atoms with Crippen LogP contribution < -0.4 is 15.1 Å². The van der Waals surface area contributed by atoms with Crippen LogP contribution in [0.4, 0.5) is 5.95 Å². The fraction of sp³-hybridized carbons (Fsp3) is 0.571. The third kappa shape index (κ3) is 1.44. The summed E-state index contributed by atoms with van der Waals surface area (Å²) in [7, 11) is 5.40. The molecule has 0 spiro atoms. The molecule has 0 atom stereocenters. The SMILES string of the molecule is Cc1c(=O)[nH]c(N(C)C)n[n+]1C. The molecule has 1 aromatic heterocycles. The molecule has 12 heavy (non-hydrogen) atoms. The van der Waals surface area contributed by atoms with Gasteiger partial charge in [0.05, 0.1) is 0 Å². The van der Waals surface area contributed by atoms with Crippen LogP contribution >= 0.6 is 0 Å². The lowest BCUT2D eigenvalue weighted by Gasteiger charge is -2.06. The van der Waals surface area contributed by atoms with Crippen LogP contribution in [0.3, 0.4) is 0 Å². The van der Waals surface area contributed by atoms with Gasteiger partial charge in [0.15, 0.2) is 7.05 Å². The number of rotatable bonds is 1. The minimum Gasteiger partial charge on any atom is -0.344 e. The molecule has 1 aromatic rings. The predicted molar refractivity (Wildman–Crippen MR) is 45.1 cm³/mol. The predicted octanol–water partition coefficient (Wildman–Crippen LogP) is -1.03. The average Bonchev–Trinajstić information content (AvgIpc) is 1.99. The van der Waals surface area contributed by atoms with E-state index in [1.807, 2.05) is 14.1 Å². The molecule has 0 saturated heterocycles. The minimum atomic E-state index is -0.101. The van der Waals surface area contributed by atoms with Crippen molar-refractivity contribution in [1.29, 1.82) is 0 Å². The van der Waals surface area contributed by atoms with Gasteiger partial charge in [-0.15, -0.1) is 0 Å². The molecular weight excluding hydrogens is 156 g/mol. The van der Waals surface area contributed by atoms with Crippen LogP contribution in [0, 0.1) is 6.92 Å².